The van der Waals surface area contributed by atoms with Gasteiger partial charge in [-0.05, 0) is 70.6 Å². The van der Waals surface area contributed by atoms with Crippen molar-refractivity contribution in [1.29, 1.82) is 0 Å². The largest absolute Gasteiger partial charge is 0.462 e. The molecule has 0 aromatic rings. The van der Waals surface area contributed by atoms with Crippen molar-refractivity contribution < 1.29 is 23.8 Å². The van der Waals surface area contributed by atoms with Crippen LogP contribution in [0.2, 0.25) is 0 Å². The highest BCUT2D eigenvalue weighted by Crippen LogP contribution is 2.15. The molecule has 60 heavy (non-hydrogen) atoms. The smallest absolute Gasteiger partial charge is 0.306 e. The lowest BCUT2D eigenvalue weighted by atomic mass is 10.0. The molecular weight excluding hydrogens is 741 g/mol. The van der Waals surface area contributed by atoms with Gasteiger partial charge in [0.25, 0.3) is 0 Å². The summed E-state index contributed by atoms with van der Waals surface area (Å²) in [5.41, 5.74) is 0. The van der Waals surface area contributed by atoms with Gasteiger partial charge in [-0.1, -0.05) is 231 Å². The number of carbonyl (C=O) groups excluding carboxylic acids is 2. The second-order valence-electron chi connectivity index (χ2n) is 17.8. The summed E-state index contributed by atoms with van der Waals surface area (Å²) in [5.74, 6) is -0.404. The molecule has 0 heterocycles. The monoisotopic (exact) mass is 843 g/mol. The van der Waals surface area contributed by atoms with Gasteiger partial charge in [-0.3, -0.25) is 9.59 Å². The van der Waals surface area contributed by atoms with Crippen molar-refractivity contribution in [1.82, 2.24) is 0 Å². The van der Waals surface area contributed by atoms with E-state index in [0.717, 1.165) is 57.8 Å². The topological polar surface area (TPSA) is 61.8 Å². The van der Waals surface area contributed by atoms with Crippen LogP contribution in [-0.4, -0.2) is 37.9 Å². The first-order chi connectivity index (χ1) is 29.6. The first-order valence-corrected chi connectivity index (χ1v) is 26.5. The van der Waals surface area contributed by atoms with Gasteiger partial charge in [0.1, 0.15) is 6.61 Å². The zero-order chi connectivity index (χ0) is 43.5. The van der Waals surface area contributed by atoms with Crippen molar-refractivity contribution in [2.75, 3.05) is 19.8 Å². The lowest BCUT2D eigenvalue weighted by Crippen LogP contribution is -2.30. The second-order valence-corrected chi connectivity index (χ2v) is 17.8. The maximum atomic E-state index is 12.8. The molecule has 5 nitrogen and oxygen atoms in total. The quantitative estimate of drug-likeness (QED) is 0.0347. The fourth-order valence-corrected chi connectivity index (χ4v) is 7.64. The number of hydrogen-bond donors (Lipinski definition) is 0. The van der Waals surface area contributed by atoms with E-state index in [2.05, 4.69) is 57.2 Å². The van der Waals surface area contributed by atoms with Crippen LogP contribution in [0.5, 0.6) is 0 Å². The summed E-state index contributed by atoms with van der Waals surface area (Å²) in [4.78, 5) is 25.4. The van der Waals surface area contributed by atoms with E-state index in [1.54, 1.807) is 0 Å². The molecule has 0 amide bonds. The van der Waals surface area contributed by atoms with Crippen LogP contribution in [0.15, 0.2) is 36.5 Å². The summed E-state index contributed by atoms with van der Waals surface area (Å²) >= 11 is 0. The Morgan fingerprint density at radius 3 is 1.20 bits per heavy atom. The van der Waals surface area contributed by atoms with Gasteiger partial charge in [0.2, 0.25) is 0 Å². The molecule has 0 spiro atoms. The molecule has 1 atom stereocenters. The molecule has 352 valence electrons. The molecule has 0 rings (SSSR count). The Labute approximate surface area is 374 Å². The van der Waals surface area contributed by atoms with Crippen molar-refractivity contribution in [2.24, 2.45) is 0 Å². The van der Waals surface area contributed by atoms with Gasteiger partial charge in [0, 0.05) is 19.4 Å². The maximum Gasteiger partial charge on any atom is 0.306 e. The second kappa shape index (κ2) is 51.5. The number of carbonyl (C=O) groups is 2. The molecule has 0 aliphatic rings. The third-order valence-corrected chi connectivity index (χ3v) is 11.6. The molecule has 0 saturated carbocycles. The van der Waals surface area contributed by atoms with Gasteiger partial charge < -0.3 is 14.2 Å². The summed E-state index contributed by atoms with van der Waals surface area (Å²) in [6, 6.07) is 0. The molecule has 0 N–H and O–H groups in total. The molecule has 0 radical (unpaired) electrons. The van der Waals surface area contributed by atoms with E-state index < -0.39 is 6.10 Å². The Bertz CT molecular complexity index is 955. The Morgan fingerprint density at radius 2 is 0.717 bits per heavy atom. The number of unbranched alkanes of at least 4 members (excludes halogenated alkanes) is 32. The average Bonchev–Trinajstić information content (AvgIpc) is 3.25. The van der Waals surface area contributed by atoms with Crippen LogP contribution < -0.4 is 0 Å². The average molecular weight is 843 g/mol. The molecule has 5 heteroatoms. The molecule has 0 aliphatic carbocycles. The van der Waals surface area contributed by atoms with Crippen LogP contribution in [0.3, 0.4) is 0 Å². The van der Waals surface area contributed by atoms with Crippen LogP contribution in [0.4, 0.5) is 0 Å². The highest BCUT2D eigenvalue weighted by molar-refractivity contribution is 5.70. The highest BCUT2D eigenvalue weighted by atomic mass is 16.6. The van der Waals surface area contributed by atoms with Gasteiger partial charge in [0.05, 0.1) is 6.61 Å². The molecule has 0 fully saturated rings. The van der Waals surface area contributed by atoms with Gasteiger partial charge >= 0.3 is 11.9 Å². The summed E-state index contributed by atoms with van der Waals surface area (Å²) < 4.78 is 17.4. The van der Waals surface area contributed by atoms with Gasteiger partial charge in [0.15, 0.2) is 6.10 Å². The molecule has 0 aromatic heterocycles. The van der Waals surface area contributed by atoms with Crippen LogP contribution >= 0.6 is 0 Å². The molecule has 0 aliphatic heterocycles. The van der Waals surface area contributed by atoms with Crippen molar-refractivity contribution in [2.45, 2.75) is 284 Å². The summed E-state index contributed by atoms with van der Waals surface area (Å²) in [5, 5.41) is 0. The maximum absolute atomic E-state index is 12.8. The highest BCUT2D eigenvalue weighted by Gasteiger charge is 2.17. The minimum absolute atomic E-state index is 0.0823. The molecule has 0 saturated heterocycles. The first kappa shape index (κ1) is 58.1. The van der Waals surface area contributed by atoms with Crippen molar-refractivity contribution in [3.05, 3.63) is 36.5 Å². The minimum atomic E-state index is -0.538. The van der Waals surface area contributed by atoms with E-state index in [4.69, 9.17) is 14.2 Å². The summed E-state index contributed by atoms with van der Waals surface area (Å²) in [6.45, 7) is 7.80. The van der Waals surface area contributed by atoms with Gasteiger partial charge in [-0.25, -0.2) is 0 Å². The van der Waals surface area contributed by atoms with Crippen LogP contribution in [0.1, 0.15) is 278 Å². The third kappa shape index (κ3) is 48.8. The van der Waals surface area contributed by atoms with E-state index >= 15 is 0 Å². The zero-order valence-electron chi connectivity index (χ0n) is 40.5. The number of hydrogen-bond acceptors (Lipinski definition) is 5. The predicted octanol–water partition coefficient (Wildman–Crippen LogP) is 17.8. The number of ether oxygens (including phenoxy) is 3. The lowest BCUT2D eigenvalue weighted by Gasteiger charge is -2.18. The van der Waals surface area contributed by atoms with Crippen molar-refractivity contribution in [3.8, 4) is 0 Å². The first-order valence-electron chi connectivity index (χ1n) is 26.5. The molecule has 0 bridgehead atoms. The minimum Gasteiger partial charge on any atom is -0.462 e. The van der Waals surface area contributed by atoms with E-state index in [0.29, 0.717) is 19.4 Å². The summed E-state index contributed by atoms with van der Waals surface area (Å²) in [6.07, 6.45) is 61.5. The predicted molar refractivity (Wildman–Crippen MR) is 261 cm³/mol. The number of rotatable bonds is 49. The number of esters is 2. The van der Waals surface area contributed by atoms with E-state index in [1.807, 2.05) is 0 Å². The Balaban J connectivity index is 4.21. The third-order valence-electron chi connectivity index (χ3n) is 11.6. The zero-order valence-corrected chi connectivity index (χ0v) is 40.5. The van der Waals surface area contributed by atoms with Crippen LogP contribution in [0, 0.1) is 0 Å². The van der Waals surface area contributed by atoms with Gasteiger partial charge in [-0.15, -0.1) is 0 Å². The number of allylic oxidation sites excluding steroid dienone is 6. The fourth-order valence-electron chi connectivity index (χ4n) is 7.64. The standard InChI is InChI=1S/C55H102O5/c1-4-7-10-13-16-19-22-24-26-28-29-31-34-36-39-42-45-48-54(56)59-52-53(60-55(57)49-46-43-40-37-33-21-18-15-12-9-6-3)51-58-50-47-44-41-38-35-32-30-27-25-23-20-17-14-11-8-5-2/h15-16,18-19,24,26,53H,4-14,17,20-23,25,27-52H2,1-3H3/b18-15-,19-16-,26-24-. The van der Waals surface area contributed by atoms with E-state index in [1.165, 1.54) is 186 Å². The van der Waals surface area contributed by atoms with Crippen LogP contribution in [-0.2, 0) is 23.8 Å². The lowest BCUT2D eigenvalue weighted by molar-refractivity contribution is -0.163. The fraction of sp³-hybridized carbons (Fsp3) is 0.855. The Kier molecular flexibility index (Phi) is 49.9. The normalized spacial score (nSPS) is 12.4. The molecule has 1 unspecified atom stereocenters. The molecular formula is C55H102O5. The SMILES string of the molecule is CCCC/C=C\CCCCCCCC(=O)OC(COCCCCCCCCCCCCCCCCCC)COC(=O)CCCCCCCCC/C=C\C/C=C\CCCCC. The van der Waals surface area contributed by atoms with Crippen LogP contribution in [0.25, 0.3) is 0 Å². The van der Waals surface area contributed by atoms with E-state index in [-0.39, 0.29) is 25.2 Å². The van der Waals surface area contributed by atoms with Crippen molar-refractivity contribution in [3.63, 3.8) is 0 Å². The van der Waals surface area contributed by atoms with Gasteiger partial charge in [-0.2, -0.15) is 0 Å². The molecule has 0 aromatic carbocycles. The Hall–Kier alpha value is -1.88. The van der Waals surface area contributed by atoms with E-state index in [9.17, 15) is 9.59 Å². The summed E-state index contributed by atoms with van der Waals surface area (Å²) in [7, 11) is 0. The Morgan fingerprint density at radius 1 is 0.367 bits per heavy atom. The van der Waals surface area contributed by atoms with Crippen molar-refractivity contribution >= 4 is 11.9 Å².